The summed E-state index contributed by atoms with van der Waals surface area (Å²) >= 11 is 1.44. The van der Waals surface area contributed by atoms with Crippen molar-refractivity contribution < 1.29 is 9.90 Å². The van der Waals surface area contributed by atoms with E-state index >= 15 is 0 Å². The molecule has 3 N–H and O–H groups in total. The molecule has 0 radical (unpaired) electrons. The summed E-state index contributed by atoms with van der Waals surface area (Å²) in [5.41, 5.74) is 6.43. The Morgan fingerprint density at radius 2 is 2.25 bits per heavy atom. The lowest BCUT2D eigenvalue weighted by Crippen LogP contribution is -2.20. The van der Waals surface area contributed by atoms with Crippen LogP contribution in [0.3, 0.4) is 0 Å². The zero-order valence-corrected chi connectivity index (χ0v) is 7.81. The van der Waals surface area contributed by atoms with Crippen molar-refractivity contribution in [3.63, 3.8) is 0 Å². The molecule has 0 saturated heterocycles. The molecule has 1 aromatic heterocycles. The van der Waals surface area contributed by atoms with E-state index in [1.165, 1.54) is 11.3 Å². The van der Waals surface area contributed by atoms with E-state index < -0.39 is 12.0 Å². The van der Waals surface area contributed by atoms with Gasteiger partial charge in [0, 0.05) is 9.75 Å². The van der Waals surface area contributed by atoms with Crippen molar-refractivity contribution in [3.05, 3.63) is 21.4 Å². The van der Waals surface area contributed by atoms with Gasteiger partial charge in [-0.1, -0.05) is 0 Å². The van der Waals surface area contributed by atoms with E-state index in [0.717, 1.165) is 15.3 Å². The lowest BCUT2D eigenvalue weighted by molar-refractivity contribution is -0.138. The van der Waals surface area contributed by atoms with Gasteiger partial charge in [-0.3, -0.25) is 4.79 Å². The summed E-state index contributed by atoms with van der Waals surface area (Å²) < 4.78 is 0. The van der Waals surface area contributed by atoms with E-state index in [2.05, 4.69) is 0 Å². The first-order chi connectivity index (χ1) is 5.52. The molecule has 1 rings (SSSR count). The topological polar surface area (TPSA) is 63.3 Å². The monoisotopic (exact) mass is 185 g/mol. The van der Waals surface area contributed by atoms with Crippen molar-refractivity contribution in [2.75, 3.05) is 0 Å². The molecule has 66 valence electrons. The van der Waals surface area contributed by atoms with Crippen LogP contribution in [0.1, 0.15) is 21.4 Å². The third-order valence-electron chi connectivity index (χ3n) is 1.63. The Hall–Kier alpha value is -0.870. The van der Waals surface area contributed by atoms with Crippen LogP contribution in [-0.2, 0) is 4.79 Å². The summed E-state index contributed by atoms with van der Waals surface area (Å²) in [6, 6.07) is 1.08. The fourth-order valence-corrected chi connectivity index (χ4v) is 2.11. The Morgan fingerprint density at radius 1 is 1.67 bits per heavy atom. The molecule has 0 aliphatic rings. The van der Waals surface area contributed by atoms with E-state index in [9.17, 15) is 4.79 Å². The van der Waals surface area contributed by atoms with Crippen LogP contribution in [0.5, 0.6) is 0 Å². The standard InChI is InChI=1S/C8H11NO2S/c1-4-3-5(2)12-7(4)6(9)8(10)11/h3,6H,9H2,1-2H3,(H,10,11). The smallest absolute Gasteiger partial charge is 0.325 e. The second-order valence-electron chi connectivity index (χ2n) is 2.72. The number of rotatable bonds is 2. The predicted octanol–water partition coefficient (Wildman–Crippen LogP) is 1.45. The van der Waals surface area contributed by atoms with Gasteiger partial charge in [-0.2, -0.15) is 0 Å². The molecular weight excluding hydrogens is 174 g/mol. The summed E-state index contributed by atoms with van der Waals surface area (Å²) in [6.07, 6.45) is 0. The summed E-state index contributed by atoms with van der Waals surface area (Å²) in [5, 5.41) is 8.65. The molecule has 0 amide bonds. The largest absolute Gasteiger partial charge is 0.480 e. The lowest BCUT2D eigenvalue weighted by atomic mass is 10.2. The van der Waals surface area contributed by atoms with Crippen molar-refractivity contribution in [2.45, 2.75) is 19.9 Å². The van der Waals surface area contributed by atoms with Crippen LogP contribution >= 0.6 is 11.3 Å². The van der Waals surface area contributed by atoms with Gasteiger partial charge < -0.3 is 10.8 Å². The number of aryl methyl sites for hydroxylation is 2. The normalized spacial score (nSPS) is 12.9. The molecule has 0 spiro atoms. The Labute approximate surface area is 74.8 Å². The summed E-state index contributed by atoms with van der Waals surface area (Å²) in [7, 11) is 0. The van der Waals surface area contributed by atoms with Gasteiger partial charge in [0.1, 0.15) is 6.04 Å². The number of hydrogen-bond donors (Lipinski definition) is 2. The van der Waals surface area contributed by atoms with E-state index in [1.54, 1.807) is 0 Å². The van der Waals surface area contributed by atoms with Gasteiger partial charge in [-0.15, -0.1) is 11.3 Å². The molecular formula is C8H11NO2S. The molecule has 1 unspecified atom stereocenters. The van der Waals surface area contributed by atoms with Gasteiger partial charge in [0.2, 0.25) is 0 Å². The van der Waals surface area contributed by atoms with Crippen molar-refractivity contribution in [1.29, 1.82) is 0 Å². The Balaban J connectivity index is 3.02. The van der Waals surface area contributed by atoms with E-state index in [0.29, 0.717) is 0 Å². The van der Waals surface area contributed by atoms with Crippen molar-refractivity contribution in [1.82, 2.24) is 0 Å². The highest BCUT2D eigenvalue weighted by Crippen LogP contribution is 2.25. The first-order valence-corrected chi connectivity index (χ1v) is 4.39. The van der Waals surface area contributed by atoms with Crippen molar-refractivity contribution in [3.8, 4) is 0 Å². The third kappa shape index (κ3) is 1.65. The molecule has 4 heteroatoms. The average molecular weight is 185 g/mol. The Morgan fingerprint density at radius 3 is 2.58 bits per heavy atom. The molecule has 0 aliphatic heterocycles. The van der Waals surface area contributed by atoms with Gasteiger partial charge in [-0.25, -0.2) is 0 Å². The molecule has 0 fully saturated rings. The number of thiophene rings is 1. The van der Waals surface area contributed by atoms with E-state index in [1.807, 2.05) is 19.9 Å². The Bertz CT molecular complexity index is 306. The van der Waals surface area contributed by atoms with Gasteiger partial charge in [0.05, 0.1) is 0 Å². The molecule has 0 bridgehead atoms. The number of nitrogens with two attached hydrogens (primary N) is 1. The first-order valence-electron chi connectivity index (χ1n) is 3.57. The highest BCUT2D eigenvalue weighted by molar-refractivity contribution is 7.12. The van der Waals surface area contributed by atoms with Crippen LogP contribution in [0.2, 0.25) is 0 Å². The Kier molecular flexibility index (Phi) is 2.49. The van der Waals surface area contributed by atoms with Crippen LogP contribution in [0.25, 0.3) is 0 Å². The van der Waals surface area contributed by atoms with Crippen LogP contribution in [-0.4, -0.2) is 11.1 Å². The molecule has 0 aromatic carbocycles. The highest BCUT2D eigenvalue weighted by atomic mass is 32.1. The van der Waals surface area contributed by atoms with Gasteiger partial charge in [0.25, 0.3) is 0 Å². The quantitative estimate of drug-likeness (QED) is 0.733. The van der Waals surface area contributed by atoms with E-state index in [4.69, 9.17) is 10.8 Å². The second kappa shape index (κ2) is 3.25. The minimum Gasteiger partial charge on any atom is -0.480 e. The molecule has 1 atom stereocenters. The highest BCUT2D eigenvalue weighted by Gasteiger charge is 2.18. The number of hydrogen-bond acceptors (Lipinski definition) is 3. The van der Waals surface area contributed by atoms with Gasteiger partial charge in [0.15, 0.2) is 0 Å². The zero-order valence-electron chi connectivity index (χ0n) is 7.00. The molecule has 0 saturated carbocycles. The second-order valence-corrected chi connectivity index (χ2v) is 4.01. The fourth-order valence-electron chi connectivity index (χ4n) is 1.08. The zero-order chi connectivity index (χ0) is 9.30. The number of carbonyl (C=O) groups is 1. The molecule has 12 heavy (non-hydrogen) atoms. The fraction of sp³-hybridized carbons (Fsp3) is 0.375. The van der Waals surface area contributed by atoms with E-state index in [-0.39, 0.29) is 0 Å². The maximum Gasteiger partial charge on any atom is 0.325 e. The van der Waals surface area contributed by atoms with Crippen LogP contribution in [0.4, 0.5) is 0 Å². The summed E-state index contributed by atoms with van der Waals surface area (Å²) in [6.45, 7) is 3.82. The first kappa shape index (κ1) is 9.22. The molecule has 1 heterocycles. The lowest BCUT2D eigenvalue weighted by Gasteiger charge is -2.03. The summed E-state index contributed by atoms with van der Waals surface area (Å²) in [4.78, 5) is 12.4. The third-order valence-corrected chi connectivity index (χ3v) is 2.86. The maximum absolute atomic E-state index is 10.5. The number of carboxylic acid groups (broad SMARTS) is 1. The molecule has 3 nitrogen and oxygen atoms in total. The van der Waals surface area contributed by atoms with Crippen molar-refractivity contribution in [2.24, 2.45) is 5.73 Å². The summed E-state index contributed by atoms with van der Waals surface area (Å²) in [5.74, 6) is -0.972. The molecule has 1 aromatic rings. The minimum atomic E-state index is -0.972. The van der Waals surface area contributed by atoms with Crippen LogP contribution < -0.4 is 5.73 Å². The average Bonchev–Trinajstić information content (AvgIpc) is 2.28. The minimum absolute atomic E-state index is 0.750. The SMILES string of the molecule is Cc1cc(C)c(C(N)C(=O)O)s1. The van der Waals surface area contributed by atoms with Crippen LogP contribution in [0, 0.1) is 13.8 Å². The number of carboxylic acids is 1. The maximum atomic E-state index is 10.5. The predicted molar refractivity (Wildman–Crippen MR) is 48.4 cm³/mol. The van der Waals surface area contributed by atoms with Gasteiger partial charge in [-0.05, 0) is 25.5 Å². The van der Waals surface area contributed by atoms with Crippen LogP contribution in [0.15, 0.2) is 6.07 Å². The van der Waals surface area contributed by atoms with Gasteiger partial charge >= 0.3 is 5.97 Å². The number of aliphatic carboxylic acids is 1. The molecule has 0 aliphatic carbocycles. The van der Waals surface area contributed by atoms with Crippen molar-refractivity contribution >= 4 is 17.3 Å².